The molecule has 9 heteroatoms. The second-order valence-corrected chi connectivity index (χ2v) is 5.04. The van der Waals surface area contributed by atoms with E-state index in [0.29, 0.717) is 19.6 Å². The van der Waals surface area contributed by atoms with Gasteiger partial charge in [-0.2, -0.15) is 5.10 Å². The highest BCUT2D eigenvalue weighted by atomic mass is 16.5. The van der Waals surface area contributed by atoms with E-state index < -0.39 is 0 Å². The minimum atomic E-state index is 0.359. The zero-order valence-electron chi connectivity index (χ0n) is 13.7. The van der Waals surface area contributed by atoms with Crippen molar-refractivity contribution in [3.05, 3.63) is 42.2 Å². The van der Waals surface area contributed by atoms with Gasteiger partial charge in [-0.05, 0) is 41.6 Å². The number of aromatic nitrogens is 7. The number of nitrogens with zero attached hydrogens (tertiary/aromatic N) is 7. The van der Waals surface area contributed by atoms with E-state index >= 15 is 0 Å². The summed E-state index contributed by atoms with van der Waals surface area (Å²) in [6.45, 7) is 3.74. The van der Waals surface area contributed by atoms with Crippen LogP contribution in [-0.2, 0) is 24.3 Å². The first-order valence-corrected chi connectivity index (χ1v) is 7.68. The fraction of sp³-hybridized carbons (Fsp3) is 0.400. The number of rotatable bonds is 8. The topological polar surface area (TPSA) is 92.8 Å². The average molecular weight is 329 g/mol. The number of ether oxygens (including phenoxy) is 2. The predicted molar refractivity (Wildman–Crippen MR) is 84.8 cm³/mol. The lowest BCUT2D eigenvalue weighted by atomic mass is 10.3. The van der Waals surface area contributed by atoms with Crippen LogP contribution in [0.15, 0.2) is 30.6 Å². The van der Waals surface area contributed by atoms with Crippen LogP contribution in [-0.4, -0.2) is 48.7 Å². The average Bonchev–Trinajstić information content (AvgIpc) is 3.28. The molecule has 0 saturated carbocycles. The molecule has 0 spiro atoms. The molecule has 0 aliphatic carbocycles. The van der Waals surface area contributed by atoms with Gasteiger partial charge >= 0.3 is 0 Å². The van der Waals surface area contributed by atoms with Gasteiger partial charge in [-0.15, -0.1) is 5.10 Å². The van der Waals surface area contributed by atoms with Gasteiger partial charge in [0.25, 0.3) is 0 Å². The van der Waals surface area contributed by atoms with E-state index in [1.165, 1.54) is 0 Å². The molecule has 24 heavy (non-hydrogen) atoms. The van der Waals surface area contributed by atoms with Crippen molar-refractivity contribution in [1.29, 1.82) is 0 Å². The SMILES string of the molecule is CCn1nc(CCOC)nc1COc1ccc(-n2cnnn2)cc1. The van der Waals surface area contributed by atoms with Crippen molar-refractivity contribution < 1.29 is 9.47 Å². The molecule has 9 nitrogen and oxygen atoms in total. The minimum absolute atomic E-state index is 0.359. The molecule has 0 atom stereocenters. The maximum absolute atomic E-state index is 5.81. The Bertz CT molecular complexity index is 753. The van der Waals surface area contributed by atoms with Gasteiger partial charge in [-0.25, -0.2) is 14.3 Å². The lowest BCUT2D eigenvalue weighted by Crippen LogP contribution is -2.07. The van der Waals surface area contributed by atoms with E-state index in [0.717, 1.165) is 29.6 Å². The van der Waals surface area contributed by atoms with Gasteiger partial charge in [-0.3, -0.25) is 0 Å². The molecule has 0 amide bonds. The summed E-state index contributed by atoms with van der Waals surface area (Å²) >= 11 is 0. The molecule has 126 valence electrons. The van der Waals surface area contributed by atoms with Crippen LogP contribution in [0.25, 0.3) is 5.69 Å². The summed E-state index contributed by atoms with van der Waals surface area (Å²) < 4.78 is 14.3. The Kier molecular flexibility index (Phi) is 5.12. The number of methoxy groups -OCH3 is 1. The first-order valence-electron chi connectivity index (χ1n) is 7.68. The summed E-state index contributed by atoms with van der Waals surface area (Å²) in [7, 11) is 1.67. The van der Waals surface area contributed by atoms with Gasteiger partial charge in [0.15, 0.2) is 11.6 Å². The monoisotopic (exact) mass is 329 g/mol. The summed E-state index contributed by atoms with van der Waals surface area (Å²) in [4.78, 5) is 4.51. The van der Waals surface area contributed by atoms with Crippen LogP contribution in [0.3, 0.4) is 0 Å². The van der Waals surface area contributed by atoms with E-state index in [1.54, 1.807) is 18.1 Å². The molecule has 0 bridgehead atoms. The second-order valence-electron chi connectivity index (χ2n) is 5.04. The smallest absolute Gasteiger partial charge is 0.165 e. The predicted octanol–water partition coefficient (Wildman–Crippen LogP) is 1.04. The van der Waals surface area contributed by atoms with Gasteiger partial charge in [0.2, 0.25) is 0 Å². The lowest BCUT2D eigenvalue weighted by Gasteiger charge is -2.07. The summed E-state index contributed by atoms with van der Waals surface area (Å²) in [5.41, 5.74) is 0.867. The van der Waals surface area contributed by atoms with E-state index in [1.807, 2.05) is 35.9 Å². The van der Waals surface area contributed by atoms with Crippen molar-refractivity contribution in [1.82, 2.24) is 35.0 Å². The fourth-order valence-electron chi connectivity index (χ4n) is 2.21. The van der Waals surface area contributed by atoms with Gasteiger partial charge in [0.05, 0.1) is 12.3 Å². The quantitative estimate of drug-likeness (QED) is 0.609. The number of tetrazole rings is 1. The van der Waals surface area contributed by atoms with E-state index in [4.69, 9.17) is 9.47 Å². The van der Waals surface area contributed by atoms with Crippen LogP contribution < -0.4 is 4.74 Å². The molecular formula is C15H19N7O2. The van der Waals surface area contributed by atoms with Crippen molar-refractivity contribution in [3.63, 3.8) is 0 Å². The van der Waals surface area contributed by atoms with Crippen LogP contribution in [0.4, 0.5) is 0 Å². The van der Waals surface area contributed by atoms with Crippen molar-refractivity contribution in [3.8, 4) is 11.4 Å². The lowest BCUT2D eigenvalue weighted by molar-refractivity contribution is 0.200. The Morgan fingerprint density at radius 3 is 2.67 bits per heavy atom. The molecule has 2 aromatic heterocycles. The van der Waals surface area contributed by atoms with Crippen molar-refractivity contribution >= 4 is 0 Å². The summed E-state index contributed by atoms with van der Waals surface area (Å²) in [6, 6.07) is 7.52. The fourth-order valence-corrected chi connectivity index (χ4v) is 2.21. The Hall–Kier alpha value is -2.81. The summed E-state index contributed by atoms with van der Waals surface area (Å²) in [6.07, 6.45) is 2.23. The van der Waals surface area contributed by atoms with Crippen LogP contribution in [0.5, 0.6) is 5.75 Å². The Morgan fingerprint density at radius 2 is 2.00 bits per heavy atom. The van der Waals surface area contributed by atoms with Gasteiger partial charge in [-0.1, -0.05) is 0 Å². The highest BCUT2D eigenvalue weighted by molar-refractivity contribution is 5.36. The van der Waals surface area contributed by atoms with Crippen LogP contribution in [0, 0.1) is 0 Å². The van der Waals surface area contributed by atoms with Gasteiger partial charge < -0.3 is 9.47 Å². The molecule has 0 fully saturated rings. The zero-order valence-corrected chi connectivity index (χ0v) is 13.7. The Balaban J connectivity index is 1.63. The highest BCUT2D eigenvalue weighted by Gasteiger charge is 2.09. The van der Waals surface area contributed by atoms with E-state index in [-0.39, 0.29) is 0 Å². The Morgan fingerprint density at radius 1 is 1.17 bits per heavy atom. The Labute approximate surface area is 139 Å². The van der Waals surface area contributed by atoms with Gasteiger partial charge in [0, 0.05) is 20.1 Å². The molecule has 0 radical (unpaired) electrons. The summed E-state index contributed by atoms with van der Waals surface area (Å²) in [5, 5.41) is 15.5. The molecule has 1 aromatic carbocycles. The molecule has 3 aromatic rings. The first kappa shape index (κ1) is 16.1. The summed E-state index contributed by atoms with van der Waals surface area (Å²) in [5.74, 6) is 2.32. The third-order valence-electron chi connectivity index (χ3n) is 3.44. The molecule has 0 aliphatic rings. The molecule has 0 saturated heterocycles. The number of benzene rings is 1. The van der Waals surface area contributed by atoms with Crippen molar-refractivity contribution in [2.24, 2.45) is 0 Å². The van der Waals surface area contributed by atoms with E-state index in [2.05, 4.69) is 25.6 Å². The number of aryl methyl sites for hydroxylation is 1. The molecule has 0 aliphatic heterocycles. The molecule has 3 rings (SSSR count). The second kappa shape index (κ2) is 7.64. The third kappa shape index (κ3) is 3.74. The van der Waals surface area contributed by atoms with Crippen LogP contribution in [0.2, 0.25) is 0 Å². The standard InChI is InChI=1S/C15H19N7O2/c1-3-21-15(17-14(18-21)8-9-23-2)10-24-13-6-4-12(5-7-13)22-11-16-19-20-22/h4-7,11H,3,8-10H2,1-2H3. The normalized spacial score (nSPS) is 10.9. The van der Waals surface area contributed by atoms with Crippen molar-refractivity contribution in [2.75, 3.05) is 13.7 Å². The van der Waals surface area contributed by atoms with Gasteiger partial charge in [0.1, 0.15) is 18.7 Å². The zero-order chi connectivity index (χ0) is 16.8. The number of hydrogen-bond donors (Lipinski definition) is 0. The molecular weight excluding hydrogens is 310 g/mol. The third-order valence-corrected chi connectivity index (χ3v) is 3.44. The highest BCUT2D eigenvalue weighted by Crippen LogP contribution is 2.15. The van der Waals surface area contributed by atoms with Crippen LogP contribution >= 0.6 is 0 Å². The molecule has 0 N–H and O–H groups in total. The van der Waals surface area contributed by atoms with Crippen LogP contribution in [0.1, 0.15) is 18.6 Å². The van der Waals surface area contributed by atoms with E-state index in [9.17, 15) is 0 Å². The maximum Gasteiger partial charge on any atom is 0.165 e. The first-order chi connectivity index (χ1) is 11.8. The minimum Gasteiger partial charge on any atom is -0.486 e. The molecule has 0 unspecified atom stereocenters. The molecule has 2 heterocycles. The number of hydrogen-bond acceptors (Lipinski definition) is 7. The largest absolute Gasteiger partial charge is 0.486 e. The van der Waals surface area contributed by atoms with Crippen molar-refractivity contribution in [2.45, 2.75) is 26.5 Å². The maximum atomic E-state index is 5.81.